The molecule has 4 nitrogen and oxygen atoms in total. The van der Waals surface area contributed by atoms with E-state index in [1.807, 2.05) is 24.5 Å². The number of nitrogens with zero attached hydrogens (tertiary/aromatic N) is 4. The molecule has 1 unspecified atom stereocenters. The molecular formula is C20H19FN4. The van der Waals surface area contributed by atoms with Gasteiger partial charge in [0.25, 0.3) is 0 Å². The molecule has 4 rings (SSSR count). The maximum absolute atomic E-state index is 14.1. The summed E-state index contributed by atoms with van der Waals surface area (Å²) in [7, 11) is 0. The second-order valence-electron chi connectivity index (χ2n) is 6.57. The molecule has 2 aromatic carbocycles. The van der Waals surface area contributed by atoms with Gasteiger partial charge in [-0.15, -0.1) is 0 Å². The quantitative estimate of drug-likeness (QED) is 0.730. The summed E-state index contributed by atoms with van der Waals surface area (Å²) in [5.74, 6) is -0.238. The van der Waals surface area contributed by atoms with Crippen LogP contribution in [0.25, 0.3) is 11.0 Å². The zero-order chi connectivity index (χ0) is 17.2. The van der Waals surface area contributed by atoms with Crippen molar-refractivity contribution >= 4 is 11.0 Å². The van der Waals surface area contributed by atoms with Gasteiger partial charge in [0.05, 0.1) is 29.0 Å². The monoisotopic (exact) mass is 334 g/mol. The summed E-state index contributed by atoms with van der Waals surface area (Å²) in [5.41, 5.74) is 3.24. The molecule has 0 amide bonds. The van der Waals surface area contributed by atoms with Crippen molar-refractivity contribution in [2.24, 2.45) is 0 Å². The van der Waals surface area contributed by atoms with Crippen LogP contribution in [0.2, 0.25) is 0 Å². The predicted octanol–water partition coefficient (Wildman–Crippen LogP) is 3.71. The van der Waals surface area contributed by atoms with E-state index in [-0.39, 0.29) is 5.82 Å². The summed E-state index contributed by atoms with van der Waals surface area (Å²) in [5, 5.41) is 9.04. The van der Waals surface area contributed by atoms with Crippen molar-refractivity contribution in [3.05, 3.63) is 65.7 Å². The van der Waals surface area contributed by atoms with E-state index in [0.29, 0.717) is 23.7 Å². The first-order valence-corrected chi connectivity index (χ1v) is 8.57. The van der Waals surface area contributed by atoms with Gasteiger partial charge >= 0.3 is 0 Å². The Morgan fingerprint density at radius 2 is 2.12 bits per heavy atom. The van der Waals surface area contributed by atoms with Crippen molar-refractivity contribution in [3.8, 4) is 6.07 Å². The number of hydrogen-bond acceptors (Lipinski definition) is 3. The van der Waals surface area contributed by atoms with Gasteiger partial charge < -0.3 is 4.57 Å². The molecule has 25 heavy (non-hydrogen) atoms. The van der Waals surface area contributed by atoms with Gasteiger partial charge in [0.1, 0.15) is 5.82 Å². The van der Waals surface area contributed by atoms with Crippen LogP contribution >= 0.6 is 0 Å². The van der Waals surface area contributed by atoms with E-state index in [1.165, 1.54) is 12.1 Å². The van der Waals surface area contributed by atoms with E-state index >= 15 is 0 Å². The van der Waals surface area contributed by atoms with Crippen LogP contribution in [0.1, 0.15) is 24.0 Å². The zero-order valence-corrected chi connectivity index (χ0v) is 13.9. The molecule has 1 atom stereocenters. The molecule has 1 aromatic heterocycles. The third-order valence-corrected chi connectivity index (χ3v) is 4.98. The van der Waals surface area contributed by atoms with Crippen LogP contribution in [0.5, 0.6) is 0 Å². The van der Waals surface area contributed by atoms with E-state index in [2.05, 4.69) is 26.6 Å². The van der Waals surface area contributed by atoms with Gasteiger partial charge in [0.2, 0.25) is 0 Å². The standard InChI is InChI=1S/C20H19FN4/c21-18-8-7-15(11-22)10-16(18)12-24-9-3-4-17(24)13-25-14-23-19-5-1-2-6-20(19)25/h1-2,5-8,10,14,17H,3-4,9,12-13H2. The maximum Gasteiger partial charge on any atom is 0.127 e. The first-order chi connectivity index (χ1) is 12.2. The number of aromatic nitrogens is 2. The number of benzene rings is 2. The number of rotatable bonds is 4. The summed E-state index contributed by atoms with van der Waals surface area (Å²) >= 11 is 0. The Morgan fingerprint density at radius 3 is 3.00 bits per heavy atom. The van der Waals surface area contributed by atoms with Crippen molar-refractivity contribution in [1.82, 2.24) is 14.5 Å². The lowest BCUT2D eigenvalue weighted by molar-refractivity contribution is 0.223. The van der Waals surface area contributed by atoms with Gasteiger partial charge in [-0.05, 0) is 49.7 Å². The Morgan fingerprint density at radius 1 is 1.24 bits per heavy atom. The molecule has 3 aromatic rings. The van der Waals surface area contributed by atoms with Gasteiger partial charge in [0, 0.05) is 24.7 Å². The number of nitriles is 1. The normalized spacial score (nSPS) is 17.8. The molecule has 0 bridgehead atoms. The molecule has 1 aliphatic heterocycles. The summed E-state index contributed by atoms with van der Waals surface area (Å²) in [6.07, 6.45) is 4.08. The van der Waals surface area contributed by atoms with Crippen LogP contribution in [0.3, 0.4) is 0 Å². The Hall–Kier alpha value is -2.71. The first kappa shape index (κ1) is 15.8. The van der Waals surface area contributed by atoms with Gasteiger partial charge in [-0.2, -0.15) is 5.26 Å². The Labute approximate surface area is 146 Å². The average molecular weight is 334 g/mol. The van der Waals surface area contributed by atoms with Gasteiger partial charge in [-0.25, -0.2) is 9.37 Å². The molecule has 0 saturated carbocycles. The molecule has 1 aliphatic rings. The number of likely N-dealkylation sites (tertiary alicyclic amines) is 1. The Bertz CT molecular complexity index is 940. The average Bonchev–Trinajstić information content (AvgIpc) is 3.25. The molecule has 0 radical (unpaired) electrons. The van der Waals surface area contributed by atoms with Gasteiger partial charge in [0.15, 0.2) is 0 Å². The number of halogens is 1. The Kier molecular flexibility index (Phi) is 4.21. The van der Waals surface area contributed by atoms with Crippen LogP contribution in [-0.4, -0.2) is 27.0 Å². The molecule has 0 spiro atoms. The highest BCUT2D eigenvalue weighted by Crippen LogP contribution is 2.24. The van der Waals surface area contributed by atoms with Crippen LogP contribution in [-0.2, 0) is 13.1 Å². The fourth-order valence-electron chi connectivity index (χ4n) is 3.68. The molecule has 5 heteroatoms. The van der Waals surface area contributed by atoms with E-state index in [1.54, 1.807) is 6.07 Å². The van der Waals surface area contributed by atoms with Crippen molar-refractivity contribution < 1.29 is 4.39 Å². The maximum atomic E-state index is 14.1. The van der Waals surface area contributed by atoms with Gasteiger partial charge in [-0.1, -0.05) is 12.1 Å². The molecule has 0 aliphatic carbocycles. The zero-order valence-electron chi connectivity index (χ0n) is 13.9. The fourth-order valence-corrected chi connectivity index (χ4v) is 3.68. The number of imidazole rings is 1. The largest absolute Gasteiger partial charge is 0.329 e. The molecule has 1 fully saturated rings. The summed E-state index contributed by atoms with van der Waals surface area (Å²) in [4.78, 5) is 6.77. The number of para-hydroxylation sites is 2. The molecule has 1 saturated heterocycles. The van der Waals surface area contributed by atoms with Gasteiger partial charge in [-0.3, -0.25) is 4.90 Å². The van der Waals surface area contributed by atoms with E-state index in [0.717, 1.165) is 37.0 Å². The SMILES string of the molecule is N#Cc1ccc(F)c(CN2CCCC2Cn2cnc3ccccc32)c1. The van der Waals surface area contributed by atoms with Crippen LogP contribution in [0.15, 0.2) is 48.8 Å². The second kappa shape index (κ2) is 6.66. The minimum absolute atomic E-state index is 0.238. The second-order valence-corrected chi connectivity index (χ2v) is 6.57. The lowest BCUT2D eigenvalue weighted by Crippen LogP contribution is -2.32. The topological polar surface area (TPSA) is 44.9 Å². The number of hydrogen-bond donors (Lipinski definition) is 0. The van der Waals surface area contributed by atoms with Crippen molar-refractivity contribution in [2.45, 2.75) is 32.0 Å². The third-order valence-electron chi connectivity index (χ3n) is 4.98. The van der Waals surface area contributed by atoms with Crippen molar-refractivity contribution in [2.75, 3.05) is 6.54 Å². The van der Waals surface area contributed by atoms with E-state index < -0.39 is 0 Å². The predicted molar refractivity (Wildman–Crippen MR) is 94.3 cm³/mol. The van der Waals surface area contributed by atoms with Crippen molar-refractivity contribution in [3.63, 3.8) is 0 Å². The van der Waals surface area contributed by atoms with Crippen LogP contribution < -0.4 is 0 Å². The molecule has 2 heterocycles. The molecular weight excluding hydrogens is 315 g/mol. The summed E-state index contributed by atoms with van der Waals surface area (Å²) < 4.78 is 16.3. The highest BCUT2D eigenvalue weighted by Gasteiger charge is 2.26. The fraction of sp³-hybridized carbons (Fsp3) is 0.300. The van der Waals surface area contributed by atoms with Crippen LogP contribution in [0.4, 0.5) is 4.39 Å². The number of fused-ring (bicyclic) bond motifs is 1. The smallest absolute Gasteiger partial charge is 0.127 e. The van der Waals surface area contributed by atoms with E-state index in [4.69, 9.17) is 5.26 Å². The molecule has 0 N–H and O–H groups in total. The highest BCUT2D eigenvalue weighted by atomic mass is 19.1. The lowest BCUT2D eigenvalue weighted by atomic mass is 10.1. The first-order valence-electron chi connectivity index (χ1n) is 8.57. The van der Waals surface area contributed by atoms with Crippen molar-refractivity contribution in [1.29, 1.82) is 5.26 Å². The van der Waals surface area contributed by atoms with Crippen LogP contribution in [0, 0.1) is 17.1 Å². The van der Waals surface area contributed by atoms with E-state index in [9.17, 15) is 4.39 Å². The Balaban J connectivity index is 1.54. The lowest BCUT2D eigenvalue weighted by Gasteiger charge is -2.25. The third kappa shape index (κ3) is 3.13. The molecule has 126 valence electrons. The minimum atomic E-state index is -0.238. The summed E-state index contributed by atoms with van der Waals surface area (Å²) in [6, 6.07) is 15.1. The summed E-state index contributed by atoms with van der Waals surface area (Å²) in [6.45, 7) is 2.34. The highest BCUT2D eigenvalue weighted by molar-refractivity contribution is 5.74. The minimum Gasteiger partial charge on any atom is -0.329 e.